The molecule has 3 rings (SSSR count). The molecule has 0 amide bonds. The van der Waals surface area contributed by atoms with E-state index in [1.54, 1.807) is 0 Å². The van der Waals surface area contributed by atoms with Crippen LogP contribution >= 0.6 is 0 Å². The van der Waals surface area contributed by atoms with E-state index >= 15 is 0 Å². The lowest BCUT2D eigenvalue weighted by Gasteiger charge is -2.19. The third-order valence-corrected chi connectivity index (χ3v) is 2.57. The number of hydrogen-bond donors (Lipinski definition) is 0. The van der Waals surface area contributed by atoms with Crippen molar-refractivity contribution in [2.75, 3.05) is 4.90 Å². The second-order valence-electron chi connectivity index (χ2n) is 3.73. The fourth-order valence-electron chi connectivity index (χ4n) is 1.79. The third kappa shape index (κ3) is 1.96. The van der Waals surface area contributed by atoms with Crippen molar-refractivity contribution in [2.45, 2.75) is 0 Å². The normalized spacial score (nSPS) is 10.2. The quantitative estimate of drug-likeness (QED) is 0.698. The van der Waals surface area contributed by atoms with Crippen LogP contribution in [0, 0.1) is 0 Å². The van der Waals surface area contributed by atoms with Gasteiger partial charge in [0.2, 0.25) is 6.39 Å². The molecule has 0 saturated carbocycles. The summed E-state index contributed by atoms with van der Waals surface area (Å²) in [5.74, 6) is 0. The van der Waals surface area contributed by atoms with Gasteiger partial charge in [-0.05, 0) is 24.3 Å². The molecule has 1 heterocycles. The van der Waals surface area contributed by atoms with E-state index in [-0.39, 0.29) is 0 Å². The van der Waals surface area contributed by atoms with E-state index < -0.39 is 0 Å². The van der Waals surface area contributed by atoms with Crippen molar-refractivity contribution in [1.82, 2.24) is 10.2 Å². The van der Waals surface area contributed by atoms with Crippen molar-refractivity contribution < 1.29 is 4.42 Å². The molecule has 0 aliphatic rings. The molecule has 0 N–H and O–H groups in total. The zero-order valence-electron chi connectivity index (χ0n) is 9.60. The molecule has 0 bridgehead atoms. The molecular formula is C14H11N3O. The van der Waals surface area contributed by atoms with Gasteiger partial charge in [-0.15, -0.1) is 5.10 Å². The van der Waals surface area contributed by atoms with E-state index in [2.05, 4.69) is 10.2 Å². The Kier molecular flexibility index (Phi) is 2.75. The van der Waals surface area contributed by atoms with E-state index in [9.17, 15) is 0 Å². The number of nitrogens with zero attached hydrogens (tertiary/aromatic N) is 3. The van der Waals surface area contributed by atoms with Crippen LogP contribution < -0.4 is 4.90 Å². The van der Waals surface area contributed by atoms with E-state index in [1.165, 1.54) is 6.39 Å². The SMILES string of the molecule is c1ccc(N(c2ccccc2)c2nnco2)cc1. The molecule has 3 aromatic rings. The Hall–Kier alpha value is -2.62. The Labute approximate surface area is 105 Å². The van der Waals surface area contributed by atoms with Gasteiger partial charge in [-0.25, -0.2) is 0 Å². The number of hydrogen-bond acceptors (Lipinski definition) is 4. The van der Waals surface area contributed by atoms with Crippen LogP contribution in [0.5, 0.6) is 0 Å². The summed E-state index contributed by atoms with van der Waals surface area (Å²) in [5.41, 5.74) is 1.96. The van der Waals surface area contributed by atoms with Crippen LogP contribution in [0.15, 0.2) is 71.5 Å². The summed E-state index contributed by atoms with van der Waals surface area (Å²) in [6.45, 7) is 0. The third-order valence-electron chi connectivity index (χ3n) is 2.57. The van der Waals surface area contributed by atoms with E-state index in [4.69, 9.17) is 4.42 Å². The molecule has 4 nitrogen and oxygen atoms in total. The molecule has 0 radical (unpaired) electrons. The second kappa shape index (κ2) is 4.71. The lowest BCUT2D eigenvalue weighted by molar-refractivity contribution is 0.560. The average Bonchev–Trinajstić information content (AvgIpc) is 2.95. The van der Waals surface area contributed by atoms with E-state index in [1.807, 2.05) is 65.6 Å². The first kappa shape index (κ1) is 10.5. The van der Waals surface area contributed by atoms with Gasteiger partial charge in [-0.2, -0.15) is 0 Å². The highest BCUT2D eigenvalue weighted by Gasteiger charge is 2.15. The molecule has 0 aliphatic carbocycles. The first-order chi connectivity index (χ1) is 8.95. The molecular weight excluding hydrogens is 226 g/mol. The van der Waals surface area contributed by atoms with E-state index in [0.717, 1.165) is 11.4 Å². The summed E-state index contributed by atoms with van der Waals surface area (Å²) < 4.78 is 5.31. The molecule has 0 fully saturated rings. The van der Waals surface area contributed by atoms with Gasteiger partial charge in [0, 0.05) is 0 Å². The fraction of sp³-hybridized carbons (Fsp3) is 0. The van der Waals surface area contributed by atoms with Gasteiger partial charge in [0.1, 0.15) is 0 Å². The summed E-state index contributed by atoms with van der Waals surface area (Å²) in [6, 6.07) is 20.3. The zero-order valence-corrected chi connectivity index (χ0v) is 9.60. The van der Waals surface area contributed by atoms with Gasteiger partial charge < -0.3 is 4.42 Å². The number of benzene rings is 2. The molecule has 1 aromatic heterocycles. The standard InChI is InChI=1S/C14H11N3O/c1-3-7-12(8-4-1)17(14-16-15-11-18-14)13-9-5-2-6-10-13/h1-11H. The highest BCUT2D eigenvalue weighted by Crippen LogP contribution is 2.31. The highest BCUT2D eigenvalue weighted by molar-refractivity contribution is 5.71. The fourth-order valence-corrected chi connectivity index (χ4v) is 1.79. The summed E-state index contributed by atoms with van der Waals surface area (Å²) >= 11 is 0. The molecule has 4 heteroatoms. The van der Waals surface area contributed by atoms with E-state index in [0.29, 0.717) is 6.01 Å². The summed E-state index contributed by atoms with van der Waals surface area (Å²) in [6.07, 6.45) is 1.33. The Balaban J connectivity index is 2.11. The lowest BCUT2D eigenvalue weighted by Crippen LogP contribution is -2.09. The van der Waals surface area contributed by atoms with Crippen LogP contribution in [-0.4, -0.2) is 10.2 Å². The highest BCUT2D eigenvalue weighted by atomic mass is 16.4. The Morgan fingerprint density at radius 3 is 1.78 bits per heavy atom. The monoisotopic (exact) mass is 237 g/mol. The van der Waals surface area contributed by atoms with Crippen LogP contribution in [0.3, 0.4) is 0 Å². The summed E-state index contributed by atoms with van der Waals surface area (Å²) in [5, 5.41) is 7.71. The van der Waals surface area contributed by atoms with Gasteiger partial charge in [0.25, 0.3) is 0 Å². The maximum atomic E-state index is 5.31. The number of para-hydroxylation sites is 2. The van der Waals surface area contributed by atoms with Crippen LogP contribution in [-0.2, 0) is 0 Å². The predicted molar refractivity (Wildman–Crippen MR) is 69.0 cm³/mol. The molecule has 0 aliphatic heterocycles. The molecule has 0 spiro atoms. The minimum Gasteiger partial charge on any atom is -0.410 e. The number of aromatic nitrogens is 2. The van der Waals surface area contributed by atoms with Gasteiger partial charge in [0.15, 0.2) is 0 Å². The predicted octanol–water partition coefficient (Wildman–Crippen LogP) is 3.54. The van der Waals surface area contributed by atoms with Gasteiger partial charge in [-0.3, -0.25) is 4.90 Å². The van der Waals surface area contributed by atoms with Crippen molar-refractivity contribution in [3.8, 4) is 0 Å². The van der Waals surface area contributed by atoms with Crippen LogP contribution in [0.4, 0.5) is 17.4 Å². The van der Waals surface area contributed by atoms with Crippen molar-refractivity contribution >= 4 is 17.4 Å². The minimum atomic E-state index is 0.451. The topological polar surface area (TPSA) is 42.2 Å². The minimum absolute atomic E-state index is 0.451. The first-order valence-corrected chi connectivity index (χ1v) is 5.61. The van der Waals surface area contributed by atoms with Crippen molar-refractivity contribution in [2.24, 2.45) is 0 Å². The Bertz CT molecular complexity index is 554. The molecule has 88 valence electrons. The summed E-state index contributed by atoms with van der Waals surface area (Å²) in [4.78, 5) is 1.91. The Morgan fingerprint density at radius 2 is 1.33 bits per heavy atom. The number of rotatable bonds is 3. The molecule has 0 saturated heterocycles. The second-order valence-corrected chi connectivity index (χ2v) is 3.73. The van der Waals surface area contributed by atoms with Crippen LogP contribution in [0.1, 0.15) is 0 Å². The molecule has 0 unspecified atom stereocenters. The smallest absolute Gasteiger partial charge is 0.327 e. The van der Waals surface area contributed by atoms with Crippen molar-refractivity contribution in [3.05, 3.63) is 67.1 Å². The summed E-state index contributed by atoms with van der Waals surface area (Å²) in [7, 11) is 0. The Morgan fingerprint density at radius 1 is 0.778 bits per heavy atom. The lowest BCUT2D eigenvalue weighted by atomic mass is 10.2. The number of anilines is 3. The first-order valence-electron chi connectivity index (χ1n) is 5.61. The van der Waals surface area contributed by atoms with Crippen molar-refractivity contribution in [3.63, 3.8) is 0 Å². The van der Waals surface area contributed by atoms with Crippen molar-refractivity contribution in [1.29, 1.82) is 0 Å². The molecule has 0 atom stereocenters. The average molecular weight is 237 g/mol. The van der Waals surface area contributed by atoms with Crippen LogP contribution in [0.2, 0.25) is 0 Å². The maximum Gasteiger partial charge on any atom is 0.327 e. The largest absolute Gasteiger partial charge is 0.410 e. The van der Waals surface area contributed by atoms with Gasteiger partial charge >= 0.3 is 6.01 Å². The maximum absolute atomic E-state index is 5.31. The van der Waals surface area contributed by atoms with Crippen LogP contribution in [0.25, 0.3) is 0 Å². The molecule has 18 heavy (non-hydrogen) atoms. The van der Waals surface area contributed by atoms with Gasteiger partial charge in [0.05, 0.1) is 11.4 Å². The molecule has 2 aromatic carbocycles. The zero-order chi connectivity index (χ0) is 12.2. The van der Waals surface area contributed by atoms with Gasteiger partial charge in [-0.1, -0.05) is 41.5 Å².